The fraction of sp³-hybridized carbons (Fsp3) is 0.545. The monoisotopic (exact) mass is 410 g/mol. The highest BCUT2D eigenvalue weighted by atomic mass is 32.2. The van der Waals surface area contributed by atoms with Gasteiger partial charge in [-0.05, 0) is 62.1 Å². The first-order valence-corrected chi connectivity index (χ1v) is 11.3. The van der Waals surface area contributed by atoms with Gasteiger partial charge in [-0.3, -0.25) is 19.6 Å². The number of hydrogen-bond acceptors (Lipinski definition) is 5. The molecule has 2 aliphatic carbocycles. The van der Waals surface area contributed by atoms with E-state index in [0.29, 0.717) is 37.0 Å². The molecule has 1 aromatic rings. The highest BCUT2D eigenvalue weighted by Crippen LogP contribution is 2.47. The highest BCUT2D eigenvalue weighted by molar-refractivity contribution is 8.16. The lowest BCUT2D eigenvalue weighted by Gasteiger charge is -2.31. The number of carbonyl (C=O) groups excluding carboxylic acids is 2. The van der Waals surface area contributed by atoms with Crippen molar-refractivity contribution >= 4 is 28.7 Å². The SMILES string of the molecule is CC1(C2=CCN(C(=O)c3ccncc3)CC2)SC(=N[C@H]2CC3CCC2C3)NC1=O. The molecule has 5 rings (SSSR count). The zero-order valence-corrected chi connectivity index (χ0v) is 17.5. The molecular weight excluding hydrogens is 384 g/mol. The van der Waals surface area contributed by atoms with Crippen molar-refractivity contribution in [2.45, 2.75) is 49.8 Å². The number of nitrogens with zero attached hydrogens (tertiary/aromatic N) is 3. The predicted octanol–water partition coefficient (Wildman–Crippen LogP) is 3.02. The number of amidine groups is 1. The first-order valence-electron chi connectivity index (χ1n) is 10.5. The first-order chi connectivity index (χ1) is 14.0. The van der Waals surface area contributed by atoms with E-state index < -0.39 is 4.75 Å². The molecule has 2 aliphatic heterocycles. The molecule has 2 saturated carbocycles. The van der Waals surface area contributed by atoms with E-state index in [0.717, 1.165) is 16.7 Å². The molecule has 0 spiro atoms. The minimum Gasteiger partial charge on any atom is -0.335 e. The third kappa shape index (κ3) is 3.39. The second kappa shape index (κ2) is 7.27. The summed E-state index contributed by atoms with van der Waals surface area (Å²) in [7, 11) is 0. The van der Waals surface area contributed by atoms with Crippen LogP contribution in [0.3, 0.4) is 0 Å². The van der Waals surface area contributed by atoms with E-state index in [1.54, 1.807) is 36.3 Å². The van der Waals surface area contributed by atoms with E-state index in [2.05, 4.69) is 16.4 Å². The van der Waals surface area contributed by atoms with Gasteiger partial charge in [0.15, 0.2) is 5.17 Å². The molecule has 3 heterocycles. The molecule has 6 nitrogen and oxygen atoms in total. The number of aliphatic imine (C=N–C) groups is 1. The number of rotatable bonds is 3. The number of aromatic nitrogens is 1. The second-order valence-electron chi connectivity index (χ2n) is 8.73. The predicted molar refractivity (Wildman–Crippen MR) is 114 cm³/mol. The van der Waals surface area contributed by atoms with E-state index in [1.807, 2.05) is 11.8 Å². The maximum absolute atomic E-state index is 12.8. The van der Waals surface area contributed by atoms with Crippen LogP contribution in [-0.2, 0) is 4.79 Å². The summed E-state index contributed by atoms with van der Waals surface area (Å²) in [5, 5.41) is 3.82. The van der Waals surface area contributed by atoms with Crippen LogP contribution in [0, 0.1) is 11.8 Å². The number of pyridine rings is 1. The standard InChI is InChI=1S/C22H26N4O2S/c1-22(17-6-10-26(11-7-17)19(27)15-4-8-23-9-5-15)20(28)25-21(29-22)24-18-13-14-2-3-16(18)12-14/h4-6,8-9,14,16,18H,2-3,7,10-13H2,1H3,(H,24,25,28)/t14?,16?,18-,22?/m0/s1. The fourth-order valence-corrected chi connectivity index (χ4v) is 6.41. The van der Waals surface area contributed by atoms with Crippen LogP contribution in [0.4, 0.5) is 0 Å². The number of nitrogens with one attached hydrogen (secondary N) is 1. The van der Waals surface area contributed by atoms with Gasteiger partial charge in [0.25, 0.3) is 5.91 Å². The van der Waals surface area contributed by atoms with Crippen LogP contribution in [0.1, 0.15) is 49.4 Å². The van der Waals surface area contributed by atoms with Gasteiger partial charge in [0.05, 0.1) is 6.04 Å². The molecule has 152 valence electrons. The Morgan fingerprint density at radius 1 is 1.31 bits per heavy atom. The maximum atomic E-state index is 12.8. The Bertz CT molecular complexity index is 899. The van der Waals surface area contributed by atoms with Crippen LogP contribution in [0.25, 0.3) is 0 Å². The van der Waals surface area contributed by atoms with Crippen LogP contribution in [-0.4, -0.2) is 50.7 Å². The molecule has 3 unspecified atom stereocenters. The summed E-state index contributed by atoms with van der Waals surface area (Å²) in [6.07, 6.45) is 11.1. The summed E-state index contributed by atoms with van der Waals surface area (Å²) < 4.78 is -0.623. The van der Waals surface area contributed by atoms with E-state index in [1.165, 1.54) is 25.7 Å². The van der Waals surface area contributed by atoms with Gasteiger partial charge in [-0.1, -0.05) is 24.3 Å². The Hall–Kier alpha value is -2.15. The zero-order chi connectivity index (χ0) is 20.0. The Balaban J connectivity index is 1.27. The number of thioether (sulfide) groups is 1. The number of hydrogen-bond donors (Lipinski definition) is 1. The lowest BCUT2D eigenvalue weighted by molar-refractivity contribution is -0.120. The molecule has 2 bridgehead atoms. The molecular formula is C22H26N4O2S. The van der Waals surface area contributed by atoms with E-state index in [-0.39, 0.29) is 11.8 Å². The summed E-state index contributed by atoms with van der Waals surface area (Å²) in [6.45, 7) is 3.14. The smallest absolute Gasteiger partial charge is 0.254 e. The lowest BCUT2D eigenvalue weighted by atomic mass is 9.93. The van der Waals surface area contributed by atoms with Crippen LogP contribution in [0.5, 0.6) is 0 Å². The van der Waals surface area contributed by atoms with Crippen LogP contribution >= 0.6 is 11.8 Å². The third-order valence-electron chi connectivity index (χ3n) is 6.97. The topological polar surface area (TPSA) is 74.7 Å². The molecule has 3 fully saturated rings. The number of carbonyl (C=O) groups is 2. The van der Waals surface area contributed by atoms with Gasteiger partial charge in [-0.2, -0.15) is 0 Å². The molecule has 1 N–H and O–H groups in total. The van der Waals surface area contributed by atoms with Gasteiger partial charge in [-0.25, -0.2) is 0 Å². The maximum Gasteiger partial charge on any atom is 0.254 e. The van der Waals surface area contributed by atoms with Gasteiger partial charge in [-0.15, -0.1) is 0 Å². The summed E-state index contributed by atoms with van der Waals surface area (Å²) in [5.74, 6) is 1.57. The molecule has 7 heteroatoms. The zero-order valence-electron chi connectivity index (χ0n) is 16.6. The Kier molecular flexibility index (Phi) is 4.73. The Morgan fingerprint density at radius 3 is 2.79 bits per heavy atom. The molecule has 2 amide bonds. The average molecular weight is 411 g/mol. The molecule has 29 heavy (non-hydrogen) atoms. The van der Waals surface area contributed by atoms with Gasteiger partial charge >= 0.3 is 0 Å². The fourth-order valence-electron chi connectivity index (χ4n) is 5.24. The third-order valence-corrected chi connectivity index (χ3v) is 8.23. The molecule has 0 aromatic carbocycles. The van der Waals surface area contributed by atoms with Crippen molar-refractivity contribution in [2.75, 3.05) is 13.1 Å². The number of fused-ring (bicyclic) bond motifs is 2. The molecule has 4 atom stereocenters. The average Bonchev–Trinajstić information content (AvgIpc) is 3.44. The molecule has 4 aliphatic rings. The van der Waals surface area contributed by atoms with E-state index >= 15 is 0 Å². The van der Waals surface area contributed by atoms with Crippen LogP contribution < -0.4 is 5.32 Å². The summed E-state index contributed by atoms with van der Waals surface area (Å²) in [6, 6.07) is 3.86. The minimum atomic E-state index is -0.623. The van der Waals surface area contributed by atoms with Crippen molar-refractivity contribution in [2.24, 2.45) is 16.8 Å². The van der Waals surface area contributed by atoms with Crippen LogP contribution in [0.15, 0.2) is 41.2 Å². The van der Waals surface area contributed by atoms with Crippen molar-refractivity contribution in [3.63, 3.8) is 0 Å². The molecule has 0 radical (unpaired) electrons. The molecule has 1 aromatic heterocycles. The lowest BCUT2D eigenvalue weighted by Crippen LogP contribution is -2.41. The van der Waals surface area contributed by atoms with E-state index in [9.17, 15) is 9.59 Å². The van der Waals surface area contributed by atoms with Gasteiger partial charge in [0.1, 0.15) is 4.75 Å². The van der Waals surface area contributed by atoms with Crippen molar-refractivity contribution in [1.82, 2.24) is 15.2 Å². The van der Waals surface area contributed by atoms with Crippen molar-refractivity contribution in [3.05, 3.63) is 41.7 Å². The summed E-state index contributed by atoms with van der Waals surface area (Å²) in [5.41, 5.74) is 1.74. The second-order valence-corrected chi connectivity index (χ2v) is 10.1. The van der Waals surface area contributed by atoms with Gasteiger partial charge in [0.2, 0.25) is 5.91 Å². The Labute approximate surface area is 175 Å². The van der Waals surface area contributed by atoms with Crippen molar-refractivity contribution < 1.29 is 9.59 Å². The highest BCUT2D eigenvalue weighted by Gasteiger charge is 2.47. The quantitative estimate of drug-likeness (QED) is 0.778. The number of amides is 2. The first kappa shape index (κ1) is 18.9. The molecule has 1 saturated heterocycles. The van der Waals surface area contributed by atoms with Crippen molar-refractivity contribution in [3.8, 4) is 0 Å². The summed E-state index contributed by atoms with van der Waals surface area (Å²) in [4.78, 5) is 36.2. The Morgan fingerprint density at radius 2 is 2.14 bits per heavy atom. The minimum absolute atomic E-state index is 0.00918. The van der Waals surface area contributed by atoms with E-state index in [4.69, 9.17) is 4.99 Å². The largest absolute Gasteiger partial charge is 0.335 e. The van der Waals surface area contributed by atoms with Crippen LogP contribution in [0.2, 0.25) is 0 Å². The normalized spacial score (nSPS) is 35.1. The van der Waals surface area contributed by atoms with Gasteiger partial charge in [0, 0.05) is 31.0 Å². The summed E-state index contributed by atoms with van der Waals surface area (Å²) >= 11 is 1.56. The van der Waals surface area contributed by atoms with Gasteiger partial charge < -0.3 is 10.2 Å². The van der Waals surface area contributed by atoms with Crippen molar-refractivity contribution in [1.29, 1.82) is 0 Å².